The number of unbranched alkanes of at least 4 members (excludes halogenated alkanes) is 3. The lowest BCUT2D eigenvalue weighted by atomic mass is 9.81. The minimum atomic E-state index is -0.390. The van der Waals surface area contributed by atoms with E-state index >= 15 is 0 Å². The summed E-state index contributed by atoms with van der Waals surface area (Å²) >= 11 is 0. The topological polar surface area (TPSA) is 35.5 Å². The first-order chi connectivity index (χ1) is 11.6. The second-order valence-corrected chi connectivity index (χ2v) is 7.41. The summed E-state index contributed by atoms with van der Waals surface area (Å²) < 4.78 is 0. The smallest absolute Gasteiger partial charge is 0.293 e. The highest BCUT2D eigenvalue weighted by Crippen LogP contribution is 2.30. The van der Waals surface area contributed by atoms with Crippen molar-refractivity contribution in [3.8, 4) is 0 Å². The Balaban J connectivity index is 1.76. The molecule has 0 bridgehead atoms. The summed E-state index contributed by atoms with van der Waals surface area (Å²) in [6.45, 7) is 6.65. The van der Waals surface area contributed by atoms with Gasteiger partial charge >= 0.3 is 5.97 Å². The maximum absolute atomic E-state index is 12.1. The maximum Gasteiger partial charge on any atom is 0.373 e. The van der Waals surface area contributed by atoms with Gasteiger partial charge in [0.15, 0.2) is 0 Å². The fraction of sp³-hybridized carbons (Fsp3) is 0.667. The van der Waals surface area contributed by atoms with Gasteiger partial charge in [0.1, 0.15) is 6.10 Å². The Morgan fingerprint density at radius 1 is 1.08 bits per heavy atom. The Hall–Kier alpha value is -1.35. The number of hydrogen-bond acceptors (Lipinski definition) is 3. The first-order valence-electron chi connectivity index (χ1n) is 9.56. The molecular weight excluding hydrogens is 300 g/mol. The first-order valence-corrected chi connectivity index (χ1v) is 9.56. The van der Waals surface area contributed by atoms with E-state index in [0.717, 1.165) is 31.6 Å². The highest BCUT2D eigenvalue weighted by molar-refractivity contribution is 5.88. The zero-order chi connectivity index (χ0) is 17.4. The van der Waals surface area contributed by atoms with E-state index in [0.29, 0.717) is 11.5 Å². The van der Waals surface area contributed by atoms with Crippen LogP contribution in [0.4, 0.5) is 0 Å². The zero-order valence-corrected chi connectivity index (χ0v) is 15.4. The SMILES string of the molecule is CCCCCCc1ccc(C(=O)OOC2CCC(C)CC2C)cc1. The second-order valence-electron chi connectivity index (χ2n) is 7.41. The second kappa shape index (κ2) is 9.83. The lowest BCUT2D eigenvalue weighted by Gasteiger charge is -2.30. The molecule has 1 aromatic carbocycles. The molecule has 3 atom stereocenters. The van der Waals surface area contributed by atoms with E-state index in [4.69, 9.17) is 9.78 Å². The molecule has 1 aromatic rings. The van der Waals surface area contributed by atoms with Gasteiger partial charge in [-0.3, -0.25) is 4.89 Å². The molecule has 3 heteroatoms. The highest BCUT2D eigenvalue weighted by Gasteiger charge is 2.28. The van der Waals surface area contributed by atoms with Crippen LogP contribution < -0.4 is 0 Å². The fourth-order valence-corrected chi connectivity index (χ4v) is 3.50. The van der Waals surface area contributed by atoms with Crippen LogP contribution in [0.3, 0.4) is 0 Å². The van der Waals surface area contributed by atoms with Crippen molar-refractivity contribution in [2.24, 2.45) is 11.8 Å². The molecule has 0 amide bonds. The molecule has 2 rings (SSSR count). The fourth-order valence-electron chi connectivity index (χ4n) is 3.50. The molecule has 134 valence electrons. The van der Waals surface area contributed by atoms with E-state index in [-0.39, 0.29) is 6.10 Å². The summed E-state index contributed by atoms with van der Waals surface area (Å²) in [5, 5.41) is 0. The Labute approximate surface area is 146 Å². The minimum absolute atomic E-state index is 0.0305. The number of rotatable bonds is 8. The van der Waals surface area contributed by atoms with E-state index in [1.165, 1.54) is 31.2 Å². The van der Waals surface area contributed by atoms with Crippen molar-refractivity contribution < 1.29 is 14.6 Å². The summed E-state index contributed by atoms with van der Waals surface area (Å²) in [5.74, 6) is 0.783. The zero-order valence-electron chi connectivity index (χ0n) is 15.4. The maximum atomic E-state index is 12.1. The Kier molecular flexibility index (Phi) is 7.77. The van der Waals surface area contributed by atoms with E-state index < -0.39 is 5.97 Å². The van der Waals surface area contributed by atoms with Crippen LogP contribution in [0.1, 0.15) is 81.6 Å². The third-order valence-corrected chi connectivity index (χ3v) is 5.11. The molecule has 0 saturated heterocycles. The molecule has 3 nitrogen and oxygen atoms in total. The average Bonchev–Trinajstić information content (AvgIpc) is 2.58. The van der Waals surface area contributed by atoms with Crippen molar-refractivity contribution in [3.63, 3.8) is 0 Å². The highest BCUT2D eigenvalue weighted by atomic mass is 17.2. The largest absolute Gasteiger partial charge is 0.373 e. The molecule has 0 aliphatic heterocycles. The van der Waals surface area contributed by atoms with E-state index in [2.05, 4.69) is 20.8 Å². The van der Waals surface area contributed by atoms with Crippen molar-refractivity contribution in [1.82, 2.24) is 0 Å². The number of hydrogen-bond donors (Lipinski definition) is 0. The monoisotopic (exact) mass is 332 g/mol. The molecule has 0 radical (unpaired) electrons. The molecular formula is C21H32O3. The first kappa shape index (κ1) is 19.0. The summed E-state index contributed by atoms with van der Waals surface area (Å²) in [7, 11) is 0. The molecule has 0 spiro atoms. The molecule has 24 heavy (non-hydrogen) atoms. The molecule has 0 aromatic heterocycles. The van der Waals surface area contributed by atoms with Gasteiger partial charge in [-0.05, 0) is 61.6 Å². The van der Waals surface area contributed by atoms with Crippen molar-refractivity contribution in [1.29, 1.82) is 0 Å². The molecule has 0 N–H and O–H groups in total. The van der Waals surface area contributed by atoms with Crippen LogP contribution in [-0.2, 0) is 16.2 Å². The van der Waals surface area contributed by atoms with E-state index in [1.54, 1.807) is 0 Å². The molecule has 0 heterocycles. The van der Waals surface area contributed by atoms with Gasteiger partial charge < -0.3 is 0 Å². The lowest BCUT2D eigenvalue weighted by molar-refractivity contribution is -0.290. The third-order valence-electron chi connectivity index (χ3n) is 5.11. The van der Waals surface area contributed by atoms with Crippen LogP contribution in [0.5, 0.6) is 0 Å². The van der Waals surface area contributed by atoms with Gasteiger partial charge in [-0.1, -0.05) is 52.2 Å². The van der Waals surface area contributed by atoms with Crippen LogP contribution in [0, 0.1) is 11.8 Å². The normalized spacial score (nSPS) is 23.9. The lowest BCUT2D eigenvalue weighted by Crippen LogP contribution is -2.29. The quantitative estimate of drug-likeness (QED) is 0.347. The molecule has 1 aliphatic carbocycles. The van der Waals surface area contributed by atoms with Crippen molar-refractivity contribution >= 4 is 5.97 Å². The third kappa shape index (κ3) is 5.94. The molecule has 1 fully saturated rings. The van der Waals surface area contributed by atoms with Crippen LogP contribution in [-0.4, -0.2) is 12.1 Å². The number of aryl methyl sites for hydroxylation is 1. The predicted octanol–water partition coefficient (Wildman–Crippen LogP) is 5.72. The average molecular weight is 332 g/mol. The number of carbonyl (C=O) groups is 1. The van der Waals surface area contributed by atoms with Gasteiger partial charge in [0.25, 0.3) is 0 Å². The van der Waals surface area contributed by atoms with Gasteiger partial charge in [0.05, 0.1) is 5.56 Å². The summed E-state index contributed by atoms with van der Waals surface area (Å²) in [6, 6.07) is 7.72. The Morgan fingerprint density at radius 3 is 2.50 bits per heavy atom. The number of carbonyl (C=O) groups excluding carboxylic acids is 1. The van der Waals surface area contributed by atoms with Gasteiger partial charge in [-0.25, -0.2) is 4.79 Å². The van der Waals surface area contributed by atoms with Crippen LogP contribution in [0.2, 0.25) is 0 Å². The minimum Gasteiger partial charge on any atom is -0.293 e. The van der Waals surface area contributed by atoms with Gasteiger partial charge in [0.2, 0.25) is 0 Å². The van der Waals surface area contributed by atoms with E-state index in [1.807, 2.05) is 24.3 Å². The van der Waals surface area contributed by atoms with Gasteiger partial charge in [-0.2, -0.15) is 4.89 Å². The summed E-state index contributed by atoms with van der Waals surface area (Å²) in [5.41, 5.74) is 1.84. The van der Waals surface area contributed by atoms with Crippen molar-refractivity contribution in [2.45, 2.75) is 78.2 Å². The van der Waals surface area contributed by atoms with Gasteiger partial charge in [-0.15, -0.1) is 0 Å². The molecule has 1 saturated carbocycles. The van der Waals surface area contributed by atoms with Crippen LogP contribution >= 0.6 is 0 Å². The van der Waals surface area contributed by atoms with Crippen LogP contribution in [0.15, 0.2) is 24.3 Å². The summed E-state index contributed by atoms with van der Waals surface area (Å²) in [4.78, 5) is 22.6. The standard InChI is InChI=1S/C21H32O3/c1-4-5-6-7-8-18-10-12-19(13-11-18)21(22)24-23-20-14-9-16(2)15-17(20)3/h10-13,16-17,20H,4-9,14-15H2,1-3H3. The number of benzene rings is 1. The van der Waals surface area contributed by atoms with Crippen molar-refractivity contribution in [2.75, 3.05) is 0 Å². The molecule has 1 aliphatic rings. The van der Waals surface area contributed by atoms with E-state index in [9.17, 15) is 4.79 Å². The molecule has 3 unspecified atom stereocenters. The Morgan fingerprint density at radius 2 is 1.83 bits per heavy atom. The summed E-state index contributed by atoms with van der Waals surface area (Å²) in [6.07, 6.45) is 9.36. The van der Waals surface area contributed by atoms with Crippen LogP contribution in [0.25, 0.3) is 0 Å². The van der Waals surface area contributed by atoms with Gasteiger partial charge in [0, 0.05) is 0 Å². The van der Waals surface area contributed by atoms with Crippen molar-refractivity contribution in [3.05, 3.63) is 35.4 Å². The Bertz CT molecular complexity index is 494. The predicted molar refractivity (Wildman–Crippen MR) is 96.8 cm³/mol.